The largest absolute Gasteiger partial charge is 0.481 e. The molecule has 1 saturated carbocycles. The van der Waals surface area contributed by atoms with Crippen LogP contribution in [0.1, 0.15) is 44.1 Å². The molecule has 0 unspecified atom stereocenters. The molecule has 0 bridgehead atoms. The first-order valence-electron chi connectivity index (χ1n) is 6.67. The monoisotopic (exact) mass is 268 g/mol. The molecule has 19 heavy (non-hydrogen) atoms. The second-order valence-electron chi connectivity index (χ2n) is 5.51. The predicted molar refractivity (Wildman–Crippen MR) is 67.8 cm³/mol. The summed E-state index contributed by atoms with van der Waals surface area (Å²) in [6.07, 6.45) is 5.14. The van der Waals surface area contributed by atoms with E-state index in [1.165, 1.54) is 12.1 Å². The molecule has 0 heterocycles. The lowest BCUT2D eigenvalue weighted by atomic mass is 9.77. The molecule has 104 valence electrons. The van der Waals surface area contributed by atoms with Crippen molar-refractivity contribution in [1.82, 2.24) is 0 Å². The maximum absolute atomic E-state index is 13.6. The van der Waals surface area contributed by atoms with Crippen molar-refractivity contribution in [1.29, 1.82) is 0 Å². The van der Waals surface area contributed by atoms with Gasteiger partial charge in [-0.3, -0.25) is 4.79 Å². The Bertz CT molecular complexity index is 465. The zero-order valence-corrected chi connectivity index (χ0v) is 10.8. The van der Waals surface area contributed by atoms with Gasteiger partial charge in [0.15, 0.2) is 0 Å². The molecule has 0 atom stereocenters. The maximum atomic E-state index is 13.6. The Morgan fingerprint density at radius 3 is 2.53 bits per heavy atom. The molecular formula is C15H18F2O2. The van der Waals surface area contributed by atoms with Gasteiger partial charge in [-0.1, -0.05) is 18.9 Å². The lowest BCUT2D eigenvalue weighted by Gasteiger charge is -2.27. The van der Waals surface area contributed by atoms with E-state index in [0.29, 0.717) is 18.4 Å². The number of aliphatic carboxylic acids is 1. The normalized spacial score (nSPS) is 17.6. The maximum Gasteiger partial charge on any atom is 0.303 e. The van der Waals surface area contributed by atoms with E-state index in [2.05, 4.69) is 0 Å². The Labute approximate surface area is 111 Å². The molecule has 0 radical (unpaired) electrons. The fourth-order valence-electron chi connectivity index (χ4n) is 3.09. The molecule has 2 rings (SSSR count). The number of carboxylic acids is 1. The lowest BCUT2D eigenvalue weighted by molar-refractivity contribution is -0.139. The molecule has 0 saturated heterocycles. The standard InChI is InChI=1S/C15H18F2O2/c16-12-4-3-11(13(17)9-12)5-8-15(10-14(18)19)6-1-2-7-15/h3-4,9H,1-2,5-8,10H2,(H,18,19). The molecule has 1 N–H and O–H groups in total. The number of rotatable bonds is 5. The van der Waals surface area contributed by atoms with Crippen LogP contribution in [0.3, 0.4) is 0 Å². The van der Waals surface area contributed by atoms with Crippen molar-refractivity contribution in [2.24, 2.45) is 5.41 Å². The first kappa shape index (κ1) is 14.0. The highest BCUT2D eigenvalue weighted by molar-refractivity contribution is 5.67. The fourth-order valence-corrected chi connectivity index (χ4v) is 3.09. The molecular weight excluding hydrogens is 250 g/mol. The van der Waals surface area contributed by atoms with Crippen molar-refractivity contribution in [2.45, 2.75) is 44.9 Å². The molecule has 1 aliphatic rings. The third-order valence-corrected chi connectivity index (χ3v) is 4.13. The van der Waals surface area contributed by atoms with Crippen molar-refractivity contribution in [3.05, 3.63) is 35.4 Å². The number of benzene rings is 1. The van der Waals surface area contributed by atoms with Gasteiger partial charge < -0.3 is 5.11 Å². The van der Waals surface area contributed by atoms with Crippen molar-refractivity contribution in [2.75, 3.05) is 0 Å². The molecule has 1 aromatic rings. The van der Waals surface area contributed by atoms with Gasteiger partial charge >= 0.3 is 5.97 Å². The summed E-state index contributed by atoms with van der Waals surface area (Å²) in [6, 6.07) is 3.58. The van der Waals surface area contributed by atoms with Crippen molar-refractivity contribution >= 4 is 5.97 Å². The topological polar surface area (TPSA) is 37.3 Å². The number of carbonyl (C=O) groups is 1. The summed E-state index contributed by atoms with van der Waals surface area (Å²) in [5, 5.41) is 9.00. The minimum atomic E-state index is -0.790. The van der Waals surface area contributed by atoms with Crippen LogP contribution < -0.4 is 0 Å². The average Bonchev–Trinajstić information content (AvgIpc) is 2.76. The lowest BCUT2D eigenvalue weighted by Crippen LogP contribution is -2.22. The number of hydrogen-bond acceptors (Lipinski definition) is 1. The van der Waals surface area contributed by atoms with Crippen molar-refractivity contribution < 1.29 is 18.7 Å². The Morgan fingerprint density at radius 2 is 1.95 bits per heavy atom. The number of hydrogen-bond donors (Lipinski definition) is 1. The van der Waals surface area contributed by atoms with Crippen molar-refractivity contribution in [3.8, 4) is 0 Å². The smallest absolute Gasteiger partial charge is 0.303 e. The van der Waals surface area contributed by atoms with Crippen LogP contribution in [0.4, 0.5) is 8.78 Å². The highest BCUT2D eigenvalue weighted by Crippen LogP contribution is 2.44. The Balaban J connectivity index is 2.04. The summed E-state index contributed by atoms with van der Waals surface area (Å²) < 4.78 is 26.4. The Morgan fingerprint density at radius 1 is 1.26 bits per heavy atom. The number of carboxylic acid groups (broad SMARTS) is 1. The molecule has 1 fully saturated rings. The van der Waals surface area contributed by atoms with Crippen LogP contribution in [0.25, 0.3) is 0 Å². The molecule has 1 aromatic carbocycles. The average molecular weight is 268 g/mol. The van der Waals surface area contributed by atoms with Crippen molar-refractivity contribution in [3.63, 3.8) is 0 Å². The quantitative estimate of drug-likeness (QED) is 0.878. The first-order chi connectivity index (χ1) is 9.01. The molecule has 0 aliphatic heterocycles. The van der Waals surface area contributed by atoms with E-state index in [1.807, 2.05) is 0 Å². The van der Waals surface area contributed by atoms with E-state index in [1.54, 1.807) is 0 Å². The van der Waals surface area contributed by atoms with Gasteiger partial charge in [0.2, 0.25) is 0 Å². The first-order valence-corrected chi connectivity index (χ1v) is 6.67. The second kappa shape index (κ2) is 5.68. The van der Waals surface area contributed by atoms with Crippen LogP contribution in [0.2, 0.25) is 0 Å². The second-order valence-corrected chi connectivity index (χ2v) is 5.51. The minimum absolute atomic E-state index is 0.149. The zero-order valence-electron chi connectivity index (χ0n) is 10.8. The van der Waals surface area contributed by atoms with Gasteiger partial charge in [0.05, 0.1) is 6.42 Å². The SMILES string of the molecule is O=C(O)CC1(CCc2ccc(F)cc2F)CCCC1. The summed E-state index contributed by atoms with van der Waals surface area (Å²) in [6.45, 7) is 0. The summed E-state index contributed by atoms with van der Waals surface area (Å²) >= 11 is 0. The van der Waals surface area contributed by atoms with Gasteiger partial charge in [-0.15, -0.1) is 0 Å². The number of halogens is 2. The highest BCUT2D eigenvalue weighted by Gasteiger charge is 2.35. The molecule has 0 aromatic heterocycles. The van der Waals surface area contributed by atoms with Gasteiger partial charge in [0.1, 0.15) is 11.6 Å². The van der Waals surface area contributed by atoms with E-state index in [4.69, 9.17) is 5.11 Å². The van der Waals surface area contributed by atoms with Gasteiger partial charge in [-0.25, -0.2) is 8.78 Å². The van der Waals surface area contributed by atoms with Gasteiger partial charge in [-0.2, -0.15) is 0 Å². The Hall–Kier alpha value is -1.45. The molecule has 4 heteroatoms. The molecule has 0 spiro atoms. The summed E-state index contributed by atoms with van der Waals surface area (Å²) in [5.74, 6) is -1.91. The zero-order chi connectivity index (χ0) is 13.9. The van der Waals surface area contributed by atoms with Gasteiger partial charge in [0.25, 0.3) is 0 Å². The fraction of sp³-hybridized carbons (Fsp3) is 0.533. The van der Waals surface area contributed by atoms with E-state index >= 15 is 0 Å². The third-order valence-electron chi connectivity index (χ3n) is 4.13. The molecule has 2 nitrogen and oxygen atoms in total. The summed E-state index contributed by atoms with van der Waals surface area (Å²) in [7, 11) is 0. The van der Waals surface area contributed by atoms with Crippen LogP contribution in [-0.2, 0) is 11.2 Å². The van der Waals surface area contributed by atoms with E-state index in [9.17, 15) is 13.6 Å². The van der Waals surface area contributed by atoms with Crippen LogP contribution in [0.5, 0.6) is 0 Å². The Kier molecular flexibility index (Phi) is 4.17. The molecule has 0 amide bonds. The van der Waals surface area contributed by atoms with E-state index in [0.717, 1.165) is 31.7 Å². The number of aryl methyl sites for hydroxylation is 1. The minimum Gasteiger partial charge on any atom is -0.481 e. The third kappa shape index (κ3) is 3.52. The van der Waals surface area contributed by atoms with Gasteiger partial charge in [0, 0.05) is 6.07 Å². The van der Waals surface area contributed by atoms with E-state index in [-0.39, 0.29) is 11.8 Å². The van der Waals surface area contributed by atoms with Crippen LogP contribution in [0.15, 0.2) is 18.2 Å². The van der Waals surface area contributed by atoms with E-state index < -0.39 is 17.6 Å². The summed E-state index contributed by atoms with van der Waals surface area (Å²) in [4.78, 5) is 11.0. The predicted octanol–water partition coefficient (Wildman–Crippen LogP) is 3.93. The van der Waals surface area contributed by atoms with Gasteiger partial charge in [-0.05, 0) is 42.7 Å². The highest BCUT2D eigenvalue weighted by atomic mass is 19.1. The van der Waals surface area contributed by atoms with Crippen LogP contribution >= 0.6 is 0 Å². The summed E-state index contributed by atoms with van der Waals surface area (Å²) in [5.41, 5.74) is 0.269. The van der Waals surface area contributed by atoms with Crippen LogP contribution in [-0.4, -0.2) is 11.1 Å². The molecule has 1 aliphatic carbocycles. The van der Waals surface area contributed by atoms with Crippen LogP contribution in [0, 0.1) is 17.0 Å².